The summed E-state index contributed by atoms with van der Waals surface area (Å²) in [6.45, 7) is 8.59. The molecule has 2 nitrogen and oxygen atoms in total. The zero-order valence-electron chi connectivity index (χ0n) is 13.3. The first kappa shape index (κ1) is 16.8. The second-order valence-electron chi connectivity index (χ2n) is 6.02. The second-order valence-corrected chi connectivity index (χ2v) is 6.02. The Balaban J connectivity index is 2.28. The lowest BCUT2D eigenvalue weighted by Gasteiger charge is -2.16. The molecule has 112 valence electrons. The zero-order chi connectivity index (χ0) is 15.0. The van der Waals surface area contributed by atoms with Crippen molar-refractivity contribution in [2.24, 2.45) is 0 Å². The highest BCUT2D eigenvalue weighted by atomic mass is 16.5. The lowest BCUT2D eigenvalue weighted by Crippen LogP contribution is -2.17. The van der Waals surface area contributed by atoms with E-state index in [4.69, 9.17) is 4.74 Å². The number of hydrogen-bond acceptors (Lipinski definition) is 2. The van der Waals surface area contributed by atoms with Crippen LogP contribution in [-0.4, -0.2) is 17.3 Å². The third-order valence-electron chi connectivity index (χ3n) is 3.37. The van der Waals surface area contributed by atoms with Gasteiger partial charge >= 0.3 is 0 Å². The minimum atomic E-state index is -0.558. The van der Waals surface area contributed by atoms with Gasteiger partial charge in [0.2, 0.25) is 0 Å². The summed E-state index contributed by atoms with van der Waals surface area (Å²) >= 11 is 0. The molecule has 0 unspecified atom stereocenters. The fourth-order valence-corrected chi connectivity index (χ4v) is 2.00. The van der Waals surface area contributed by atoms with E-state index >= 15 is 0 Å². The largest absolute Gasteiger partial charge is 0.490 e. The molecule has 0 bridgehead atoms. The van der Waals surface area contributed by atoms with Gasteiger partial charge in [-0.05, 0) is 70.2 Å². The van der Waals surface area contributed by atoms with E-state index in [2.05, 4.69) is 32.1 Å². The summed E-state index contributed by atoms with van der Waals surface area (Å²) in [7, 11) is 0. The van der Waals surface area contributed by atoms with Gasteiger partial charge in [-0.25, -0.2) is 0 Å². The fourth-order valence-electron chi connectivity index (χ4n) is 2.00. The Kier molecular flexibility index (Phi) is 6.80. The highest BCUT2D eigenvalue weighted by Gasteiger charge is 2.11. The van der Waals surface area contributed by atoms with E-state index in [1.165, 1.54) is 11.1 Å². The average molecular weight is 276 g/mol. The van der Waals surface area contributed by atoms with Gasteiger partial charge in [0.1, 0.15) is 12.4 Å². The molecule has 1 rings (SSSR count). The quantitative estimate of drug-likeness (QED) is 0.708. The van der Waals surface area contributed by atoms with E-state index < -0.39 is 5.60 Å². The van der Waals surface area contributed by atoms with E-state index in [1.807, 2.05) is 26.0 Å². The summed E-state index contributed by atoms with van der Waals surface area (Å²) < 4.78 is 5.70. The Bertz CT molecular complexity index is 410. The van der Waals surface area contributed by atoms with Gasteiger partial charge in [-0.15, -0.1) is 0 Å². The predicted octanol–water partition coefficient (Wildman–Crippen LogP) is 4.52. The van der Waals surface area contributed by atoms with Gasteiger partial charge in [-0.1, -0.05) is 24.6 Å². The number of ether oxygens (including phenoxy) is 1. The molecule has 0 aliphatic heterocycles. The van der Waals surface area contributed by atoms with Crippen LogP contribution in [0.3, 0.4) is 0 Å². The molecule has 0 aromatic heterocycles. The van der Waals surface area contributed by atoms with E-state index in [0.29, 0.717) is 6.61 Å². The number of aliphatic hydroxyl groups is 1. The third-order valence-corrected chi connectivity index (χ3v) is 3.37. The Hall–Kier alpha value is -1.28. The molecule has 1 aromatic carbocycles. The van der Waals surface area contributed by atoms with Crippen molar-refractivity contribution >= 4 is 0 Å². The summed E-state index contributed by atoms with van der Waals surface area (Å²) in [5.41, 5.74) is 2.09. The lowest BCUT2D eigenvalue weighted by atomic mass is 9.99. The van der Waals surface area contributed by atoms with Gasteiger partial charge in [0.05, 0.1) is 5.60 Å². The maximum Gasteiger partial charge on any atom is 0.119 e. The van der Waals surface area contributed by atoms with Crippen LogP contribution in [0.1, 0.15) is 52.5 Å². The average Bonchev–Trinajstić information content (AvgIpc) is 2.38. The smallest absolute Gasteiger partial charge is 0.119 e. The molecule has 0 spiro atoms. The van der Waals surface area contributed by atoms with Crippen molar-refractivity contribution in [1.29, 1.82) is 0 Å². The molecule has 0 amide bonds. The van der Waals surface area contributed by atoms with Crippen molar-refractivity contribution in [3.8, 4) is 5.75 Å². The summed E-state index contributed by atoms with van der Waals surface area (Å²) in [6.07, 6.45) is 6.04. The van der Waals surface area contributed by atoms with Crippen molar-refractivity contribution in [3.63, 3.8) is 0 Å². The summed E-state index contributed by atoms with van der Waals surface area (Å²) in [4.78, 5) is 0. The van der Waals surface area contributed by atoms with Crippen LogP contribution in [0.5, 0.6) is 5.75 Å². The molecule has 0 saturated carbocycles. The summed E-state index contributed by atoms with van der Waals surface area (Å²) in [5, 5.41) is 9.65. The van der Waals surface area contributed by atoms with E-state index in [1.54, 1.807) is 0 Å². The molecule has 20 heavy (non-hydrogen) atoms. The molecular weight excluding hydrogens is 248 g/mol. The van der Waals surface area contributed by atoms with Crippen molar-refractivity contribution in [2.75, 3.05) is 6.61 Å². The molecule has 0 saturated heterocycles. The van der Waals surface area contributed by atoms with Crippen LogP contribution in [0.4, 0.5) is 0 Å². The molecule has 1 aromatic rings. The second kappa shape index (κ2) is 8.11. The van der Waals surface area contributed by atoms with Crippen LogP contribution in [0.25, 0.3) is 0 Å². The van der Waals surface area contributed by atoms with Crippen LogP contribution in [-0.2, 0) is 6.42 Å². The number of rotatable bonds is 8. The van der Waals surface area contributed by atoms with Gasteiger partial charge < -0.3 is 9.84 Å². The molecule has 0 aliphatic rings. The Morgan fingerprint density at radius 3 is 2.45 bits per heavy atom. The molecular formula is C18H28O2. The van der Waals surface area contributed by atoms with Crippen molar-refractivity contribution in [1.82, 2.24) is 0 Å². The van der Waals surface area contributed by atoms with Gasteiger partial charge in [-0.3, -0.25) is 0 Å². The number of hydrogen-bond donors (Lipinski definition) is 1. The van der Waals surface area contributed by atoms with Crippen LogP contribution in [0.2, 0.25) is 0 Å². The number of aryl methyl sites for hydroxylation is 1. The summed E-state index contributed by atoms with van der Waals surface area (Å²) in [6, 6.07) is 8.26. The monoisotopic (exact) mass is 276 g/mol. The normalized spacial score (nSPS) is 12.6. The maximum atomic E-state index is 9.65. The fraction of sp³-hybridized carbons (Fsp3) is 0.556. The molecule has 0 heterocycles. The van der Waals surface area contributed by atoms with E-state index in [9.17, 15) is 5.11 Å². The number of allylic oxidation sites excluding steroid dienone is 1. The molecule has 0 fully saturated rings. The SMILES string of the molecule is CCc1ccc(OCC=C(C)CCCC(C)(C)O)cc1. The van der Waals surface area contributed by atoms with E-state index in [-0.39, 0.29) is 0 Å². The van der Waals surface area contributed by atoms with Crippen LogP contribution in [0.15, 0.2) is 35.9 Å². The summed E-state index contributed by atoms with van der Waals surface area (Å²) in [5.74, 6) is 0.919. The van der Waals surface area contributed by atoms with Crippen LogP contribution < -0.4 is 4.74 Å². The highest BCUT2D eigenvalue weighted by molar-refractivity contribution is 5.27. The molecule has 0 aliphatic carbocycles. The third kappa shape index (κ3) is 7.34. The minimum Gasteiger partial charge on any atom is -0.490 e. The molecule has 0 radical (unpaired) electrons. The molecule has 2 heteroatoms. The van der Waals surface area contributed by atoms with Gasteiger partial charge in [0.15, 0.2) is 0 Å². The van der Waals surface area contributed by atoms with Crippen molar-refractivity contribution < 1.29 is 9.84 Å². The first-order chi connectivity index (χ1) is 9.40. The van der Waals surface area contributed by atoms with Gasteiger partial charge in [0.25, 0.3) is 0 Å². The first-order valence-electron chi connectivity index (χ1n) is 7.50. The van der Waals surface area contributed by atoms with Crippen molar-refractivity contribution in [2.45, 2.75) is 59.0 Å². The first-order valence-corrected chi connectivity index (χ1v) is 7.50. The van der Waals surface area contributed by atoms with Crippen molar-refractivity contribution in [3.05, 3.63) is 41.5 Å². The van der Waals surface area contributed by atoms with Crippen LogP contribution in [0, 0.1) is 0 Å². The van der Waals surface area contributed by atoms with Crippen LogP contribution >= 0.6 is 0 Å². The Morgan fingerprint density at radius 1 is 1.25 bits per heavy atom. The van der Waals surface area contributed by atoms with Gasteiger partial charge in [0, 0.05) is 0 Å². The lowest BCUT2D eigenvalue weighted by molar-refractivity contribution is 0.0689. The Morgan fingerprint density at radius 2 is 1.90 bits per heavy atom. The zero-order valence-corrected chi connectivity index (χ0v) is 13.3. The maximum absolute atomic E-state index is 9.65. The number of benzene rings is 1. The topological polar surface area (TPSA) is 29.5 Å². The van der Waals surface area contributed by atoms with E-state index in [0.717, 1.165) is 31.4 Å². The highest BCUT2D eigenvalue weighted by Crippen LogP contribution is 2.16. The minimum absolute atomic E-state index is 0.558. The Labute approximate surface area is 123 Å². The van der Waals surface area contributed by atoms with Gasteiger partial charge in [-0.2, -0.15) is 0 Å². The molecule has 1 N–H and O–H groups in total. The standard InChI is InChI=1S/C18H28O2/c1-5-16-8-10-17(11-9-16)20-14-12-15(2)7-6-13-18(3,4)19/h8-12,19H,5-7,13-14H2,1-4H3. The predicted molar refractivity (Wildman–Crippen MR) is 85.2 cm³/mol. The molecule has 0 atom stereocenters.